The van der Waals surface area contributed by atoms with Gasteiger partial charge in [-0.3, -0.25) is 0 Å². The standard InChI is InChI=1S/C18H20N2O2/c21-17-14(9-18(17)5-7-22-8-6-18)16-13-4-2-1-3-12(13)15-10-19-11-20(15)16/h1-4,10-11,14,16-17,21H,5-9H2/t14-,16?,17-/m0/s1. The van der Waals surface area contributed by atoms with Crippen LogP contribution in [0.5, 0.6) is 0 Å². The van der Waals surface area contributed by atoms with Gasteiger partial charge in [-0.1, -0.05) is 24.3 Å². The quantitative estimate of drug-likeness (QED) is 0.880. The second kappa shape index (κ2) is 4.43. The summed E-state index contributed by atoms with van der Waals surface area (Å²) in [7, 11) is 0. The van der Waals surface area contributed by atoms with Crippen LogP contribution >= 0.6 is 0 Å². The number of rotatable bonds is 1. The summed E-state index contributed by atoms with van der Waals surface area (Å²) in [6, 6.07) is 8.78. The molecule has 0 amide bonds. The summed E-state index contributed by atoms with van der Waals surface area (Å²) in [4.78, 5) is 4.32. The molecule has 22 heavy (non-hydrogen) atoms. The van der Waals surface area contributed by atoms with Crippen LogP contribution in [0.1, 0.15) is 30.9 Å². The fourth-order valence-electron chi connectivity index (χ4n) is 4.87. The molecule has 1 unspecified atom stereocenters. The van der Waals surface area contributed by atoms with E-state index in [1.165, 1.54) is 16.8 Å². The minimum atomic E-state index is -0.234. The zero-order chi connectivity index (χ0) is 14.7. The van der Waals surface area contributed by atoms with E-state index in [2.05, 4.69) is 33.8 Å². The van der Waals surface area contributed by atoms with E-state index in [-0.39, 0.29) is 23.5 Å². The molecular formula is C18H20N2O2. The molecule has 2 aliphatic heterocycles. The number of nitrogens with zero attached hydrogens (tertiary/aromatic N) is 2. The number of hydrogen-bond donors (Lipinski definition) is 1. The Hall–Kier alpha value is -1.65. The third kappa shape index (κ3) is 1.52. The summed E-state index contributed by atoms with van der Waals surface area (Å²) in [5.74, 6) is 0.287. The monoisotopic (exact) mass is 296 g/mol. The van der Waals surface area contributed by atoms with Crippen LogP contribution in [0, 0.1) is 11.3 Å². The van der Waals surface area contributed by atoms with E-state index in [0.717, 1.165) is 32.5 Å². The lowest BCUT2D eigenvalue weighted by molar-refractivity contribution is -0.173. The molecule has 2 fully saturated rings. The zero-order valence-corrected chi connectivity index (χ0v) is 12.5. The Morgan fingerprint density at radius 3 is 2.86 bits per heavy atom. The fourth-order valence-corrected chi connectivity index (χ4v) is 4.87. The molecule has 5 rings (SSSR count). The van der Waals surface area contributed by atoms with E-state index in [1.807, 2.05) is 12.5 Å². The van der Waals surface area contributed by atoms with E-state index in [0.29, 0.717) is 0 Å². The van der Waals surface area contributed by atoms with Gasteiger partial charge in [-0.2, -0.15) is 0 Å². The molecular weight excluding hydrogens is 276 g/mol. The first kappa shape index (κ1) is 12.9. The number of imidazole rings is 1. The third-order valence-corrected chi connectivity index (χ3v) is 6.09. The lowest BCUT2D eigenvalue weighted by atomic mass is 9.53. The average molecular weight is 296 g/mol. The average Bonchev–Trinajstić information content (AvgIpc) is 3.14. The van der Waals surface area contributed by atoms with Gasteiger partial charge < -0.3 is 14.4 Å². The van der Waals surface area contributed by atoms with Crippen molar-refractivity contribution in [2.75, 3.05) is 13.2 Å². The first-order valence-electron chi connectivity index (χ1n) is 8.17. The number of hydrogen-bond acceptors (Lipinski definition) is 3. The van der Waals surface area contributed by atoms with Crippen LogP contribution in [0.3, 0.4) is 0 Å². The van der Waals surface area contributed by atoms with Crippen molar-refractivity contribution in [3.8, 4) is 11.3 Å². The number of aromatic nitrogens is 2. The van der Waals surface area contributed by atoms with Crippen molar-refractivity contribution < 1.29 is 9.84 Å². The second-order valence-electron chi connectivity index (χ2n) is 7.01. The molecule has 3 aliphatic rings. The fraction of sp³-hybridized carbons (Fsp3) is 0.500. The van der Waals surface area contributed by atoms with Gasteiger partial charge in [0, 0.05) is 30.1 Å². The topological polar surface area (TPSA) is 47.3 Å². The van der Waals surface area contributed by atoms with E-state index in [1.54, 1.807) is 0 Å². The van der Waals surface area contributed by atoms with Crippen molar-refractivity contribution in [1.29, 1.82) is 0 Å². The van der Waals surface area contributed by atoms with Gasteiger partial charge in [-0.25, -0.2) is 4.98 Å². The highest BCUT2D eigenvalue weighted by Gasteiger charge is 2.57. The maximum absolute atomic E-state index is 10.9. The molecule has 1 aliphatic carbocycles. The Morgan fingerprint density at radius 1 is 1.23 bits per heavy atom. The van der Waals surface area contributed by atoms with Gasteiger partial charge in [0.05, 0.1) is 30.4 Å². The van der Waals surface area contributed by atoms with Crippen LogP contribution in [-0.4, -0.2) is 34.0 Å². The molecule has 1 saturated heterocycles. The van der Waals surface area contributed by atoms with Crippen molar-refractivity contribution in [2.24, 2.45) is 11.3 Å². The summed E-state index contributed by atoms with van der Waals surface area (Å²) in [5, 5.41) is 10.9. The highest BCUT2D eigenvalue weighted by atomic mass is 16.5. The lowest BCUT2D eigenvalue weighted by Crippen LogP contribution is -2.57. The number of aliphatic hydroxyl groups is 1. The highest BCUT2D eigenvalue weighted by molar-refractivity contribution is 5.69. The molecule has 1 saturated carbocycles. The van der Waals surface area contributed by atoms with Crippen molar-refractivity contribution >= 4 is 0 Å². The van der Waals surface area contributed by atoms with Crippen molar-refractivity contribution in [3.05, 3.63) is 42.4 Å². The van der Waals surface area contributed by atoms with Gasteiger partial charge in [0.15, 0.2) is 0 Å². The van der Waals surface area contributed by atoms with E-state index >= 15 is 0 Å². The molecule has 3 atom stereocenters. The van der Waals surface area contributed by atoms with Crippen LogP contribution in [0.2, 0.25) is 0 Å². The number of aliphatic hydroxyl groups excluding tert-OH is 1. The molecule has 1 aromatic heterocycles. The predicted octanol–water partition coefficient (Wildman–Crippen LogP) is 2.63. The van der Waals surface area contributed by atoms with Crippen LogP contribution in [-0.2, 0) is 4.74 Å². The summed E-state index contributed by atoms with van der Waals surface area (Å²) < 4.78 is 7.74. The van der Waals surface area contributed by atoms with Crippen molar-refractivity contribution in [1.82, 2.24) is 9.55 Å². The maximum atomic E-state index is 10.9. The lowest BCUT2D eigenvalue weighted by Gasteiger charge is -2.56. The van der Waals surface area contributed by atoms with Crippen molar-refractivity contribution in [2.45, 2.75) is 31.4 Å². The van der Waals surface area contributed by atoms with E-state index < -0.39 is 0 Å². The number of fused-ring (bicyclic) bond motifs is 3. The van der Waals surface area contributed by atoms with Crippen LogP contribution in [0.4, 0.5) is 0 Å². The minimum absolute atomic E-state index is 0.0984. The molecule has 3 heterocycles. The summed E-state index contributed by atoms with van der Waals surface area (Å²) in [6.45, 7) is 1.59. The second-order valence-corrected chi connectivity index (χ2v) is 7.01. The first-order chi connectivity index (χ1) is 10.8. The SMILES string of the molecule is O[C@H]1[C@H](C2c3ccccc3-c3cncn32)CC12CCOCC2. The Morgan fingerprint density at radius 2 is 2.05 bits per heavy atom. The van der Waals surface area contributed by atoms with Gasteiger partial charge >= 0.3 is 0 Å². The molecule has 2 aromatic rings. The van der Waals surface area contributed by atoms with Gasteiger partial charge in [-0.15, -0.1) is 0 Å². The molecule has 4 nitrogen and oxygen atoms in total. The zero-order valence-electron chi connectivity index (χ0n) is 12.5. The Kier molecular flexibility index (Phi) is 2.59. The van der Waals surface area contributed by atoms with Gasteiger partial charge in [-0.05, 0) is 24.8 Å². The van der Waals surface area contributed by atoms with Gasteiger partial charge in [0.1, 0.15) is 0 Å². The normalized spacial score (nSPS) is 31.6. The van der Waals surface area contributed by atoms with Crippen LogP contribution in [0.15, 0.2) is 36.8 Å². The Bertz CT molecular complexity index is 717. The molecule has 0 radical (unpaired) electrons. The predicted molar refractivity (Wildman–Crippen MR) is 82.4 cm³/mol. The van der Waals surface area contributed by atoms with E-state index in [9.17, 15) is 5.11 Å². The molecule has 114 valence electrons. The van der Waals surface area contributed by atoms with Crippen LogP contribution in [0.25, 0.3) is 11.3 Å². The van der Waals surface area contributed by atoms with Crippen LogP contribution < -0.4 is 0 Å². The van der Waals surface area contributed by atoms with Gasteiger partial charge in [0.2, 0.25) is 0 Å². The Balaban J connectivity index is 1.52. The summed E-state index contributed by atoms with van der Waals surface area (Å²) in [5.41, 5.74) is 3.89. The maximum Gasteiger partial charge on any atom is 0.0956 e. The highest BCUT2D eigenvalue weighted by Crippen LogP contribution is 2.59. The summed E-state index contributed by atoms with van der Waals surface area (Å²) >= 11 is 0. The van der Waals surface area contributed by atoms with E-state index in [4.69, 9.17) is 4.74 Å². The van der Waals surface area contributed by atoms with Gasteiger partial charge in [0.25, 0.3) is 0 Å². The van der Waals surface area contributed by atoms with Crippen molar-refractivity contribution in [3.63, 3.8) is 0 Å². The number of benzene rings is 1. The molecule has 1 aromatic carbocycles. The number of ether oxygens (including phenoxy) is 1. The summed E-state index contributed by atoms with van der Waals surface area (Å²) in [6.07, 6.45) is 6.71. The molecule has 4 heteroatoms. The third-order valence-electron chi connectivity index (χ3n) is 6.09. The molecule has 1 spiro atoms. The minimum Gasteiger partial charge on any atom is -0.392 e. The largest absolute Gasteiger partial charge is 0.392 e. The Labute approximate surface area is 129 Å². The smallest absolute Gasteiger partial charge is 0.0956 e. The first-order valence-corrected chi connectivity index (χ1v) is 8.17. The molecule has 0 bridgehead atoms. The molecule has 1 N–H and O–H groups in total.